The van der Waals surface area contributed by atoms with Crippen molar-refractivity contribution >= 4 is 86.8 Å². The molecule has 4 aromatic carbocycles. The summed E-state index contributed by atoms with van der Waals surface area (Å²) in [5.74, 6) is 0. The Bertz CT molecular complexity index is 1900. The number of hydrogen-bond acceptors (Lipinski definition) is 12. The summed E-state index contributed by atoms with van der Waals surface area (Å²) in [4.78, 5) is 0. The fourth-order valence-corrected chi connectivity index (χ4v) is 31.4. The van der Waals surface area contributed by atoms with E-state index in [0.717, 1.165) is 20.7 Å². The standard InChI is InChI=1S/C60H100GeO12Si4/c1-41(2)62-74(63-42(3)4,64-43(5)6)57-33-25-53(26-34-57)61(54-27-35-58(36-28-54)75(65-44(7)8,66-45(9)10)67-46(11)12,55-29-37-59(38-30-55)76(68-47(13)14,69-48(15)16)70-49(17)18)56-31-39-60(40-32-56)77(71-50(19)20,72-51(21)22)73-52(23)24/h25-52H,1-24H3. The average Bonchev–Trinajstić information content (AvgIpc) is 3.27. The Kier molecular flexibility index (Phi) is 25.5. The van der Waals surface area contributed by atoms with E-state index in [1.807, 2.05) is 166 Å². The molecule has 0 spiro atoms. The van der Waals surface area contributed by atoms with Gasteiger partial charge in [0.2, 0.25) is 0 Å². The quantitative estimate of drug-likeness (QED) is 0.0437. The molecular weight excluding hydrogens is 1100 g/mol. The van der Waals surface area contributed by atoms with Crippen LogP contribution in [0.5, 0.6) is 0 Å². The second-order valence-electron chi connectivity index (χ2n) is 23.3. The first-order valence-corrected chi connectivity index (χ1v) is 39.5. The van der Waals surface area contributed by atoms with Crippen LogP contribution in [0, 0.1) is 0 Å². The topological polar surface area (TPSA) is 111 Å². The van der Waals surface area contributed by atoms with Gasteiger partial charge in [-0.25, -0.2) is 0 Å². The average molecular weight is 1200 g/mol. The van der Waals surface area contributed by atoms with Gasteiger partial charge in [-0.3, -0.25) is 0 Å². The summed E-state index contributed by atoms with van der Waals surface area (Å²) in [5, 5.41) is 3.57. The Balaban J connectivity index is 2.31. The van der Waals surface area contributed by atoms with Crippen molar-refractivity contribution in [1.82, 2.24) is 0 Å². The predicted molar refractivity (Wildman–Crippen MR) is 326 cm³/mol. The molecule has 0 N–H and O–H groups in total. The zero-order chi connectivity index (χ0) is 57.8. The number of hydrogen-bond donors (Lipinski definition) is 0. The van der Waals surface area contributed by atoms with Crippen molar-refractivity contribution < 1.29 is 53.1 Å². The van der Waals surface area contributed by atoms with Crippen molar-refractivity contribution in [3.05, 3.63) is 97.1 Å². The zero-order valence-corrected chi connectivity index (χ0v) is 57.7. The van der Waals surface area contributed by atoms with Gasteiger partial charge in [-0.15, -0.1) is 0 Å². The van der Waals surface area contributed by atoms with Crippen molar-refractivity contribution in [2.45, 2.75) is 239 Å². The van der Waals surface area contributed by atoms with Crippen LogP contribution in [0.4, 0.5) is 0 Å². The molecule has 12 nitrogen and oxygen atoms in total. The van der Waals surface area contributed by atoms with Crippen molar-refractivity contribution in [2.75, 3.05) is 0 Å². The third kappa shape index (κ3) is 17.9. The molecule has 0 saturated carbocycles. The Morgan fingerprint density at radius 1 is 0.195 bits per heavy atom. The van der Waals surface area contributed by atoms with Crippen molar-refractivity contribution in [1.29, 1.82) is 0 Å². The maximum absolute atomic E-state index is 6.82. The van der Waals surface area contributed by atoms with Gasteiger partial charge < -0.3 is 0 Å². The molecule has 0 aliphatic rings. The first-order chi connectivity index (χ1) is 35.8. The summed E-state index contributed by atoms with van der Waals surface area (Å²) in [6.45, 7) is 48.8. The van der Waals surface area contributed by atoms with E-state index in [9.17, 15) is 0 Å². The van der Waals surface area contributed by atoms with Crippen LogP contribution in [-0.2, 0) is 53.1 Å². The van der Waals surface area contributed by atoms with Gasteiger partial charge in [0, 0.05) is 0 Å². The minimum atomic E-state index is -4.29. The second-order valence-corrected chi connectivity index (χ2v) is 40.9. The van der Waals surface area contributed by atoms with Gasteiger partial charge in [0.1, 0.15) is 0 Å². The van der Waals surface area contributed by atoms with Crippen molar-refractivity contribution in [3.63, 3.8) is 0 Å². The molecular formula is C60H100GeO12Si4. The molecule has 0 amide bonds. The summed E-state index contributed by atoms with van der Waals surface area (Å²) >= 11 is -4.29. The second kappa shape index (κ2) is 29.2. The van der Waals surface area contributed by atoms with E-state index in [1.165, 1.54) is 17.6 Å². The molecule has 17 heteroatoms. The first kappa shape index (κ1) is 67.3. The third-order valence-corrected chi connectivity index (χ3v) is 35.0. The normalized spacial score (nSPS) is 13.7. The molecule has 0 aliphatic carbocycles. The maximum atomic E-state index is 6.82. The van der Waals surface area contributed by atoms with Crippen LogP contribution in [0.25, 0.3) is 0 Å². The van der Waals surface area contributed by atoms with Gasteiger partial charge in [0.05, 0.1) is 0 Å². The SMILES string of the molecule is CC(C)O[Si](OC(C)C)(OC(C)C)c1cc[c]([Ge]([c]2ccc([Si](OC(C)C)(OC(C)C)OC(C)C)cc2)([c]2ccc([Si](OC(C)C)(OC(C)C)OC(C)C)cc2)[c]2ccc([Si](OC(C)C)(OC(C)C)OC(C)C)cc2)cc1. The van der Waals surface area contributed by atoms with Gasteiger partial charge >= 0.3 is 476 Å². The monoisotopic (exact) mass is 1200 g/mol. The number of rotatable bonds is 32. The fraction of sp³-hybridized carbons (Fsp3) is 0.600. The molecule has 0 fully saturated rings. The Morgan fingerprint density at radius 3 is 0.390 bits per heavy atom. The van der Waals surface area contributed by atoms with E-state index in [1.54, 1.807) is 0 Å². The molecule has 4 rings (SSSR count). The van der Waals surface area contributed by atoms with Gasteiger partial charge in [-0.05, 0) is 0 Å². The Morgan fingerprint density at radius 2 is 0.299 bits per heavy atom. The Hall–Kier alpha value is -2.19. The van der Waals surface area contributed by atoms with E-state index < -0.39 is 48.5 Å². The van der Waals surface area contributed by atoms with Crippen LogP contribution in [0.2, 0.25) is 0 Å². The molecule has 0 aliphatic heterocycles. The fourth-order valence-electron chi connectivity index (χ4n) is 9.57. The summed E-state index contributed by atoms with van der Waals surface area (Å²) in [7, 11) is -13.9. The molecule has 0 heterocycles. The summed E-state index contributed by atoms with van der Waals surface area (Å²) in [6.07, 6.45) is -1.78. The summed E-state index contributed by atoms with van der Waals surface area (Å²) in [6, 6.07) is 35.7. The van der Waals surface area contributed by atoms with Gasteiger partial charge in [0.25, 0.3) is 0 Å². The van der Waals surface area contributed by atoms with E-state index in [-0.39, 0.29) is 73.2 Å². The van der Waals surface area contributed by atoms with Gasteiger partial charge in [-0.2, -0.15) is 0 Å². The molecule has 432 valence electrons. The van der Waals surface area contributed by atoms with Gasteiger partial charge in [0.15, 0.2) is 0 Å². The molecule has 0 radical (unpaired) electrons. The number of benzene rings is 4. The van der Waals surface area contributed by atoms with E-state index in [4.69, 9.17) is 53.1 Å². The van der Waals surface area contributed by atoms with E-state index in [2.05, 4.69) is 97.1 Å². The van der Waals surface area contributed by atoms with Crippen LogP contribution < -0.4 is 38.3 Å². The molecule has 0 aromatic heterocycles. The first-order valence-electron chi connectivity index (χ1n) is 28.4. The predicted octanol–water partition coefficient (Wildman–Crippen LogP) is 8.75. The summed E-state index contributed by atoms with van der Waals surface area (Å²) in [5.41, 5.74) is 0. The third-order valence-electron chi connectivity index (χ3n) is 11.4. The molecule has 0 bridgehead atoms. The molecule has 77 heavy (non-hydrogen) atoms. The summed E-state index contributed by atoms with van der Waals surface area (Å²) < 4.78 is 86.5. The van der Waals surface area contributed by atoms with Crippen LogP contribution in [0.15, 0.2) is 97.1 Å². The van der Waals surface area contributed by atoms with E-state index in [0.29, 0.717) is 0 Å². The van der Waals surface area contributed by atoms with Crippen molar-refractivity contribution in [3.8, 4) is 0 Å². The van der Waals surface area contributed by atoms with Crippen LogP contribution in [-0.4, -0.2) is 122 Å². The van der Waals surface area contributed by atoms with Crippen molar-refractivity contribution in [2.24, 2.45) is 0 Å². The van der Waals surface area contributed by atoms with Crippen LogP contribution >= 0.6 is 0 Å². The molecule has 0 atom stereocenters. The van der Waals surface area contributed by atoms with E-state index >= 15 is 0 Å². The van der Waals surface area contributed by atoms with Crippen LogP contribution in [0.3, 0.4) is 0 Å². The molecule has 0 saturated heterocycles. The van der Waals surface area contributed by atoms with Gasteiger partial charge in [-0.1, -0.05) is 0 Å². The Labute approximate surface area is 473 Å². The molecule has 4 aromatic rings. The zero-order valence-electron chi connectivity index (χ0n) is 51.6. The molecule has 0 unspecified atom stereocenters. The minimum absolute atomic E-state index is 0.148. The van der Waals surface area contributed by atoms with Crippen LogP contribution in [0.1, 0.15) is 166 Å².